The second kappa shape index (κ2) is 25.9. The SMILES string of the molecule is C[C@H](NC(=O)CN)C(=O)N[C@H](C(=O)N[C@@H](C)C(=O)N[C@@H](CCC(=O)O)C(=O)N[C@@H](CCC(=O)O)C(=O)N[C@H](C(=O)N[C@@H](CCCNC(=N)N)C(N)=O)[C@@H](C)O)[C@@H](C)O. The molecule has 0 aliphatic heterocycles. The molecule has 0 radical (unpaired) electrons. The highest BCUT2D eigenvalue weighted by Gasteiger charge is 2.35. The van der Waals surface area contributed by atoms with Crippen LogP contribution in [0.15, 0.2) is 0 Å². The molecule has 19 N–H and O–H groups in total. The van der Waals surface area contributed by atoms with Crippen molar-refractivity contribution in [2.45, 2.75) is 121 Å². The minimum atomic E-state index is -1.79. The van der Waals surface area contributed by atoms with E-state index < -0.39 is 146 Å². The lowest BCUT2D eigenvalue weighted by molar-refractivity contribution is -0.140. The van der Waals surface area contributed by atoms with Crippen LogP contribution in [0.25, 0.3) is 0 Å². The van der Waals surface area contributed by atoms with Gasteiger partial charge in [0.2, 0.25) is 47.3 Å². The van der Waals surface area contributed by atoms with Gasteiger partial charge in [0.25, 0.3) is 0 Å². The van der Waals surface area contributed by atoms with Crippen LogP contribution in [-0.4, -0.2) is 153 Å². The highest BCUT2D eigenvalue weighted by Crippen LogP contribution is 2.07. The van der Waals surface area contributed by atoms with Crippen molar-refractivity contribution in [3.05, 3.63) is 0 Å². The van der Waals surface area contributed by atoms with Crippen LogP contribution < -0.4 is 59.7 Å². The summed E-state index contributed by atoms with van der Waals surface area (Å²) in [6, 6.07) is -10.9. The standard InChI is InChI=1S/C32H56N12O14/c1-13(38-20(47)12-33)27(54)43-23(15(3)45)30(57)39-14(2)26(53)41-18(7-9-21(48)49)28(55)42-19(8-10-22(50)51)29(56)44-24(16(4)46)31(58)40-17(25(34)52)6-5-11-37-32(35)36/h13-19,23-24,45-46H,5-12,33H2,1-4H3,(H2,34,52)(H,38,47)(H,39,57)(H,40,58)(H,41,53)(H,42,55)(H,43,54)(H,44,56)(H,48,49)(H,50,51)(H4,35,36,37)/t13-,14-,15+,16+,17-,18-,19-,23-,24-/m0/s1. The van der Waals surface area contributed by atoms with Crippen molar-refractivity contribution in [3.8, 4) is 0 Å². The summed E-state index contributed by atoms with van der Waals surface area (Å²) >= 11 is 0. The molecule has 0 saturated carbocycles. The minimum absolute atomic E-state index is 0.0433. The van der Waals surface area contributed by atoms with Crippen LogP contribution in [0.1, 0.15) is 66.2 Å². The molecule has 0 bridgehead atoms. The molecular weight excluding hydrogens is 776 g/mol. The molecule has 0 aromatic rings. The van der Waals surface area contributed by atoms with Gasteiger partial charge in [0.05, 0.1) is 18.8 Å². The third-order valence-corrected chi connectivity index (χ3v) is 8.04. The topological polar surface area (TPSA) is 450 Å². The first-order valence-corrected chi connectivity index (χ1v) is 17.9. The fourth-order valence-electron chi connectivity index (χ4n) is 4.80. The van der Waals surface area contributed by atoms with E-state index in [1.165, 1.54) is 6.92 Å². The van der Waals surface area contributed by atoms with Gasteiger partial charge in [-0.05, 0) is 53.4 Å². The molecule has 0 unspecified atom stereocenters. The lowest BCUT2D eigenvalue weighted by Gasteiger charge is -2.28. The maximum atomic E-state index is 13.5. The smallest absolute Gasteiger partial charge is 0.303 e. The Kier molecular flexibility index (Phi) is 23.2. The van der Waals surface area contributed by atoms with E-state index in [4.69, 9.17) is 22.6 Å². The van der Waals surface area contributed by atoms with Crippen molar-refractivity contribution < 1.29 is 68.4 Å². The number of nitrogens with two attached hydrogens (primary N) is 3. The number of nitrogens with one attached hydrogen (secondary N) is 9. The number of aliphatic carboxylic acids is 2. The van der Waals surface area contributed by atoms with E-state index in [-0.39, 0.29) is 25.3 Å². The van der Waals surface area contributed by atoms with Crippen LogP contribution in [0.3, 0.4) is 0 Å². The molecule has 0 heterocycles. The Balaban J connectivity index is 6.08. The lowest BCUT2D eigenvalue weighted by Crippen LogP contribution is -2.61. The summed E-state index contributed by atoms with van der Waals surface area (Å²) in [4.78, 5) is 125. The number of carboxylic acids is 2. The average molecular weight is 833 g/mol. The van der Waals surface area contributed by atoms with Crippen molar-refractivity contribution in [3.63, 3.8) is 0 Å². The molecule has 58 heavy (non-hydrogen) atoms. The number of carbonyl (C=O) groups is 10. The number of primary amides is 1. The highest BCUT2D eigenvalue weighted by atomic mass is 16.4. The second-order valence-corrected chi connectivity index (χ2v) is 13.1. The Hall–Kier alpha value is -6.15. The third kappa shape index (κ3) is 20.1. The van der Waals surface area contributed by atoms with E-state index in [1.807, 2.05) is 0 Å². The highest BCUT2D eigenvalue weighted by molar-refractivity contribution is 5.98. The number of hydrogen-bond acceptors (Lipinski definition) is 14. The number of carboxylic acid groups (broad SMARTS) is 2. The van der Waals surface area contributed by atoms with Crippen molar-refractivity contribution in [2.75, 3.05) is 13.1 Å². The number of guanidine groups is 1. The Labute approximate surface area is 332 Å². The van der Waals surface area contributed by atoms with Gasteiger partial charge in [-0.1, -0.05) is 0 Å². The number of amides is 8. The summed E-state index contributed by atoms with van der Waals surface area (Å²) in [5.74, 6) is -11.4. The van der Waals surface area contributed by atoms with E-state index in [0.29, 0.717) is 0 Å². The first-order valence-electron chi connectivity index (χ1n) is 17.9. The van der Waals surface area contributed by atoms with Crippen molar-refractivity contribution in [1.29, 1.82) is 5.41 Å². The fourth-order valence-corrected chi connectivity index (χ4v) is 4.80. The molecule has 328 valence electrons. The minimum Gasteiger partial charge on any atom is -0.481 e. The predicted molar refractivity (Wildman–Crippen MR) is 199 cm³/mol. The summed E-state index contributed by atoms with van der Waals surface area (Å²) < 4.78 is 0. The molecule has 0 aliphatic carbocycles. The van der Waals surface area contributed by atoms with Crippen molar-refractivity contribution >= 4 is 65.2 Å². The predicted octanol–water partition coefficient (Wildman–Crippen LogP) is -7.38. The molecule has 9 atom stereocenters. The summed E-state index contributed by atoms with van der Waals surface area (Å²) in [5.41, 5.74) is 15.8. The summed E-state index contributed by atoms with van der Waals surface area (Å²) in [5, 5.41) is 64.2. The quantitative estimate of drug-likeness (QED) is 0.0208. The normalized spacial score (nSPS) is 15.4. The fraction of sp³-hybridized carbons (Fsp3) is 0.656. The van der Waals surface area contributed by atoms with E-state index in [9.17, 15) is 68.4 Å². The zero-order valence-corrected chi connectivity index (χ0v) is 32.5. The van der Waals surface area contributed by atoms with E-state index in [2.05, 4.69) is 42.5 Å². The molecular formula is C32H56N12O14. The largest absolute Gasteiger partial charge is 0.481 e. The van der Waals surface area contributed by atoms with E-state index >= 15 is 0 Å². The lowest BCUT2D eigenvalue weighted by atomic mass is 10.0. The Morgan fingerprint density at radius 1 is 0.552 bits per heavy atom. The van der Waals surface area contributed by atoms with Crippen LogP contribution in [0, 0.1) is 5.41 Å². The first kappa shape index (κ1) is 51.9. The number of aliphatic hydroxyl groups is 2. The maximum Gasteiger partial charge on any atom is 0.303 e. The zero-order chi connectivity index (χ0) is 44.9. The molecule has 0 fully saturated rings. The van der Waals surface area contributed by atoms with Gasteiger partial charge >= 0.3 is 11.9 Å². The first-order chi connectivity index (χ1) is 26.9. The molecule has 0 aliphatic rings. The summed E-state index contributed by atoms with van der Waals surface area (Å²) in [6.45, 7) is 4.37. The van der Waals surface area contributed by atoms with Crippen LogP contribution in [0.5, 0.6) is 0 Å². The summed E-state index contributed by atoms with van der Waals surface area (Å²) in [7, 11) is 0. The van der Waals surface area contributed by atoms with Crippen LogP contribution in [0.2, 0.25) is 0 Å². The molecule has 26 nitrogen and oxygen atoms in total. The monoisotopic (exact) mass is 832 g/mol. The van der Waals surface area contributed by atoms with Crippen LogP contribution in [0.4, 0.5) is 0 Å². The van der Waals surface area contributed by atoms with Gasteiger partial charge < -0.3 is 80.2 Å². The van der Waals surface area contributed by atoms with E-state index in [1.54, 1.807) is 0 Å². The molecule has 8 amide bonds. The zero-order valence-electron chi connectivity index (χ0n) is 32.5. The number of hydrogen-bond donors (Lipinski definition) is 16. The number of carbonyl (C=O) groups excluding carboxylic acids is 8. The molecule has 26 heteroatoms. The second-order valence-electron chi connectivity index (χ2n) is 13.1. The van der Waals surface area contributed by atoms with Gasteiger partial charge in [-0.2, -0.15) is 0 Å². The molecule has 0 aromatic heterocycles. The third-order valence-electron chi connectivity index (χ3n) is 8.04. The van der Waals surface area contributed by atoms with Gasteiger partial charge in [-0.25, -0.2) is 0 Å². The van der Waals surface area contributed by atoms with Gasteiger partial charge in [0.1, 0.15) is 42.3 Å². The van der Waals surface area contributed by atoms with Gasteiger partial charge in [0.15, 0.2) is 5.96 Å². The van der Waals surface area contributed by atoms with Crippen molar-refractivity contribution in [2.24, 2.45) is 17.2 Å². The molecule has 0 rings (SSSR count). The average Bonchev–Trinajstić information content (AvgIpc) is 3.12. The number of rotatable bonds is 27. The van der Waals surface area contributed by atoms with E-state index in [0.717, 1.165) is 20.8 Å². The molecule has 0 saturated heterocycles. The van der Waals surface area contributed by atoms with Crippen LogP contribution in [-0.2, 0) is 47.9 Å². The Morgan fingerprint density at radius 3 is 1.38 bits per heavy atom. The van der Waals surface area contributed by atoms with Gasteiger partial charge in [0, 0.05) is 19.4 Å². The van der Waals surface area contributed by atoms with Crippen molar-refractivity contribution in [1.82, 2.24) is 42.5 Å². The summed E-state index contributed by atoms with van der Waals surface area (Å²) in [6.07, 6.45) is -5.63. The molecule has 0 aromatic carbocycles. The Bertz CT molecular complexity index is 1510. The van der Waals surface area contributed by atoms with Gasteiger partial charge in [-0.3, -0.25) is 53.4 Å². The van der Waals surface area contributed by atoms with Crippen LogP contribution >= 0.6 is 0 Å². The Morgan fingerprint density at radius 2 is 0.948 bits per heavy atom. The molecule has 0 spiro atoms. The maximum absolute atomic E-state index is 13.5. The van der Waals surface area contributed by atoms with Gasteiger partial charge in [-0.15, -0.1) is 0 Å². The number of aliphatic hydroxyl groups excluding tert-OH is 2.